The second-order valence-electron chi connectivity index (χ2n) is 6.80. The summed E-state index contributed by atoms with van der Waals surface area (Å²) in [6, 6.07) is 9.52. The van der Waals surface area contributed by atoms with Gasteiger partial charge in [0.05, 0.1) is 11.9 Å². The Balaban J connectivity index is 1.53. The van der Waals surface area contributed by atoms with Crippen LogP contribution in [0.2, 0.25) is 0 Å². The molecule has 1 aromatic carbocycles. The van der Waals surface area contributed by atoms with Gasteiger partial charge in [-0.2, -0.15) is 0 Å². The predicted octanol–water partition coefficient (Wildman–Crippen LogP) is 3.39. The van der Waals surface area contributed by atoms with Crippen LogP contribution in [-0.4, -0.2) is 43.8 Å². The fourth-order valence-corrected chi connectivity index (χ4v) is 3.34. The van der Waals surface area contributed by atoms with Crippen molar-refractivity contribution < 1.29 is 9.53 Å². The average Bonchev–Trinajstić information content (AvgIpc) is 2.75. The number of hydrogen-bond acceptors (Lipinski definition) is 6. The summed E-state index contributed by atoms with van der Waals surface area (Å²) in [6.45, 7) is 3.10. The number of nitrogens with zero attached hydrogens (tertiary/aromatic N) is 5. The maximum atomic E-state index is 12.8. The van der Waals surface area contributed by atoms with E-state index in [2.05, 4.69) is 19.9 Å². The Kier molecular flexibility index (Phi) is 5.23. The van der Waals surface area contributed by atoms with Crippen molar-refractivity contribution in [2.24, 2.45) is 0 Å². The van der Waals surface area contributed by atoms with E-state index >= 15 is 0 Å². The lowest BCUT2D eigenvalue weighted by atomic mass is 9.94. The molecule has 0 spiro atoms. The van der Waals surface area contributed by atoms with Gasteiger partial charge in [0.25, 0.3) is 5.91 Å². The van der Waals surface area contributed by atoms with Gasteiger partial charge in [0.2, 0.25) is 5.88 Å². The highest BCUT2D eigenvalue weighted by molar-refractivity contribution is 5.92. The van der Waals surface area contributed by atoms with E-state index in [0.717, 1.165) is 24.2 Å². The molecule has 0 aliphatic carbocycles. The number of aromatic nitrogens is 4. The van der Waals surface area contributed by atoms with Crippen LogP contribution in [-0.2, 0) is 0 Å². The van der Waals surface area contributed by atoms with Gasteiger partial charge in [-0.05, 0) is 31.9 Å². The standard InChI is InChI=1S/C21H21N5O2/c1-15-12-25-18(13-24-15)21(27)26-11-5-6-16(14-26)19-20(23-10-9-22-19)28-17-7-3-2-4-8-17/h2-4,7-10,12-13,16H,5-6,11,14H2,1H3/t16-/m0/s1. The van der Waals surface area contributed by atoms with E-state index in [1.807, 2.05) is 42.2 Å². The number of likely N-dealkylation sites (tertiary alicyclic amines) is 1. The molecular weight excluding hydrogens is 354 g/mol. The first-order valence-electron chi connectivity index (χ1n) is 9.32. The number of carbonyl (C=O) groups excluding carboxylic acids is 1. The molecule has 4 rings (SSSR count). The van der Waals surface area contributed by atoms with E-state index in [1.165, 1.54) is 6.20 Å². The summed E-state index contributed by atoms with van der Waals surface area (Å²) < 4.78 is 5.96. The van der Waals surface area contributed by atoms with Gasteiger partial charge in [-0.15, -0.1) is 0 Å². The van der Waals surface area contributed by atoms with Gasteiger partial charge in [0, 0.05) is 37.6 Å². The molecule has 142 valence electrons. The molecule has 1 amide bonds. The van der Waals surface area contributed by atoms with Crippen molar-refractivity contribution in [1.82, 2.24) is 24.8 Å². The lowest BCUT2D eigenvalue weighted by Gasteiger charge is -2.32. The van der Waals surface area contributed by atoms with Gasteiger partial charge >= 0.3 is 0 Å². The zero-order valence-corrected chi connectivity index (χ0v) is 15.7. The normalized spacial score (nSPS) is 16.6. The molecule has 0 N–H and O–H groups in total. The third kappa shape index (κ3) is 3.98. The summed E-state index contributed by atoms with van der Waals surface area (Å²) in [5.74, 6) is 1.15. The molecule has 0 bridgehead atoms. The highest BCUT2D eigenvalue weighted by atomic mass is 16.5. The number of amides is 1. The zero-order chi connectivity index (χ0) is 19.3. The second-order valence-corrected chi connectivity index (χ2v) is 6.80. The van der Waals surface area contributed by atoms with E-state index < -0.39 is 0 Å². The van der Waals surface area contributed by atoms with E-state index in [-0.39, 0.29) is 11.8 Å². The fraction of sp³-hybridized carbons (Fsp3) is 0.286. The molecule has 1 atom stereocenters. The SMILES string of the molecule is Cc1cnc(C(=O)N2CCC[C@H](c3nccnc3Oc3ccccc3)C2)cn1. The Morgan fingerprint density at radius 1 is 1.07 bits per heavy atom. The van der Waals surface area contributed by atoms with Gasteiger partial charge in [-0.3, -0.25) is 14.8 Å². The van der Waals surface area contributed by atoms with Crippen molar-refractivity contribution in [2.45, 2.75) is 25.7 Å². The van der Waals surface area contributed by atoms with Crippen molar-refractivity contribution in [1.29, 1.82) is 0 Å². The van der Waals surface area contributed by atoms with Crippen molar-refractivity contribution in [3.63, 3.8) is 0 Å². The van der Waals surface area contributed by atoms with Gasteiger partial charge in [0.1, 0.15) is 17.1 Å². The third-order valence-corrected chi connectivity index (χ3v) is 4.74. The molecule has 28 heavy (non-hydrogen) atoms. The molecule has 1 saturated heterocycles. The molecule has 7 heteroatoms. The summed E-state index contributed by atoms with van der Waals surface area (Å²) >= 11 is 0. The first kappa shape index (κ1) is 18.0. The number of rotatable bonds is 4. The lowest BCUT2D eigenvalue weighted by molar-refractivity contribution is 0.0698. The molecule has 0 saturated carbocycles. The zero-order valence-electron chi connectivity index (χ0n) is 15.7. The van der Waals surface area contributed by atoms with E-state index in [0.29, 0.717) is 30.4 Å². The minimum absolute atomic E-state index is 0.0588. The number of aryl methyl sites for hydroxylation is 1. The van der Waals surface area contributed by atoms with Crippen LogP contribution in [0.15, 0.2) is 55.1 Å². The predicted molar refractivity (Wildman–Crippen MR) is 103 cm³/mol. The number of benzene rings is 1. The monoisotopic (exact) mass is 375 g/mol. The van der Waals surface area contributed by atoms with E-state index in [4.69, 9.17) is 4.74 Å². The van der Waals surface area contributed by atoms with Crippen LogP contribution in [0.25, 0.3) is 0 Å². The lowest BCUT2D eigenvalue weighted by Crippen LogP contribution is -2.39. The number of hydrogen-bond donors (Lipinski definition) is 0. The highest BCUT2D eigenvalue weighted by Crippen LogP contribution is 2.32. The number of ether oxygens (including phenoxy) is 1. The quantitative estimate of drug-likeness (QED) is 0.695. The van der Waals surface area contributed by atoms with Gasteiger partial charge < -0.3 is 9.64 Å². The summed E-state index contributed by atoms with van der Waals surface area (Å²) in [6.07, 6.45) is 8.25. The summed E-state index contributed by atoms with van der Waals surface area (Å²) in [7, 11) is 0. The Labute approximate surface area is 163 Å². The molecule has 0 radical (unpaired) electrons. The third-order valence-electron chi connectivity index (χ3n) is 4.74. The number of piperidine rings is 1. The van der Waals surface area contributed by atoms with Crippen LogP contribution < -0.4 is 4.74 Å². The Bertz CT molecular complexity index is 947. The second kappa shape index (κ2) is 8.12. The first-order valence-corrected chi connectivity index (χ1v) is 9.32. The van der Waals surface area contributed by atoms with Crippen molar-refractivity contribution in [3.8, 4) is 11.6 Å². The van der Waals surface area contributed by atoms with Crippen molar-refractivity contribution >= 4 is 5.91 Å². The molecule has 7 nitrogen and oxygen atoms in total. The van der Waals surface area contributed by atoms with Gasteiger partial charge in [-0.1, -0.05) is 18.2 Å². The average molecular weight is 375 g/mol. The molecule has 1 aliphatic rings. The minimum atomic E-state index is -0.105. The van der Waals surface area contributed by atoms with Crippen molar-refractivity contribution in [2.75, 3.05) is 13.1 Å². The fourth-order valence-electron chi connectivity index (χ4n) is 3.34. The Morgan fingerprint density at radius 2 is 1.89 bits per heavy atom. The van der Waals surface area contributed by atoms with Crippen LogP contribution in [0.4, 0.5) is 0 Å². The van der Waals surface area contributed by atoms with Crippen LogP contribution in [0, 0.1) is 6.92 Å². The Hall–Kier alpha value is -3.35. The largest absolute Gasteiger partial charge is 0.437 e. The molecule has 1 aliphatic heterocycles. The summed E-state index contributed by atoms with van der Waals surface area (Å²) in [4.78, 5) is 31.9. The topological polar surface area (TPSA) is 81.1 Å². The van der Waals surface area contributed by atoms with E-state index in [9.17, 15) is 4.79 Å². The maximum absolute atomic E-state index is 12.8. The molecular formula is C21H21N5O2. The summed E-state index contributed by atoms with van der Waals surface area (Å²) in [5.41, 5.74) is 1.93. The molecule has 1 fully saturated rings. The minimum Gasteiger partial charge on any atom is -0.437 e. The summed E-state index contributed by atoms with van der Waals surface area (Å²) in [5, 5.41) is 0. The molecule has 0 unspecified atom stereocenters. The molecule has 3 heterocycles. The first-order chi connectivity index (χ1) is 13.7. The van der Waals surface area contributed by atoms with E-state index in [1.54, 1.807) is 18.6 Å². The number of carbonyl (C=O) groups is 1. The van der Waals surface area contributed by atoms with Gasteiger partial charge in [-0.25, -0.2) is 9.97 Å². The number of para-hydroxylation sites is 1. The van der Waals surface area contributed by atoms with Crippen LogP contribution in [0.3, 0.4) is 0 Å². The van der Waals surface area contributed by atoms with Crippen molar-refractivity contribution in [3.05, 3.63) is 72.2 Å². The van der Waals surface area contributed by atoms with Crippen LogP contribution in [0.1, 0.15) is 40.6 Å². The van der Waals surface area contributed by atoms with Gasteiger partial charge in [0.15, 0.2) is 0 Å². The molecule has 2 aromatic heterocycles. The molecule has 3 aromatic rings. The maximum Gasteiger partial charge on any atom is 0.274 e. The highest BCUT2D eigenvalue weighted by Gasteiger charge is 2.29. The Morgan fingerprint density at radius 3 is 2.68 bits per heavy atom. The van der Waals surface area contributed by atoms with Crippen LogP contribution >= 0.6 is 0 Å². The smallest absolute Gasteiger partial charge is 0.274 e. The van der Waals surface area contributed by atoms with Crippen LogP contribution in [0.5, 0.6) is 11.6 Å².